The van der Waals surface area contributed by atoms with Crippen LogP contribution in [0.2, 0.25) is 10.0 Å². The number of ether oxygens (including phenoxy) is 1. The van der Waals surface area contributed by atoms with Crippen molar-refractivity contribution in [3.63, 3.8) is 0 Å². The van der Waals surface area contributed by atoms with Crippen LogP contribution >= 0.6 is 39.1 Å². The van der Waals surface area contributed by atoms with Crippen LogP contribution in [0.3, 0.4) is 0 Å². The van der Waals surface area contributed by atoms with Crippen molar-refractivity contribution in [1.82, 2.24) is 0 Å². The molecule has 0 unspecified atom stereocenters. The van der Waals surface area contributed by atoms with E-state index in [0.717, 1.165) is 0 Å². The van der Waals surface area contributed by atoms with E-state index < -0.39 is 10.0 Å². The van der Waals surface area contributed by atoms with Gasteiger partial charge in [0.1, 0.15) is 10.6 Å². The molecule has 0 spiro atoms. The van der Waals surface area contributed by atoms with Gasteiger partial charge in [0.15, 0.2) is 0 Å². The summed E-state index contributed by atoms with van der Waals surface area (Å²) in [6.07, 6.45) is 0. The molecule has 0 fully saturated rings. The number of anilines is 1. The number of sulfonamides is 1. The summed E-state index contributed by atoms with van der Waals surface area (Å²) in [6, 6.07) is 9.24. The summed E-state index contributed by atoms with van der Waals surface area (Å²) in [5.74, 6) is 0.633. The summed E-state index contributed by atoms with van der Waals surface area (Å²) in [5, 5.41) is 0.432. The third-order valence-corrected chi connectivity index (χ3v) is 5.67. The van der Waals surface area contributed by atoms with Crippen LogP contribution in [0.25, 0.3) is 0 Å². The maximum Gasteiger partial charge on any atom is 0.263 e. The van der Waals surface area contributed by atoms with Crippen LogP contribution in [-0.4, -0.2) is 15.5 Å². The Balaban J connectivity index is 2.35. The van der Waals surface area contributed by atoms with E-state index in [1.807, 2.05) is 0 Å². The second-order valence-electron chi connectivity index (χ2n) is 4.03. The zero-order chi connectivity index (χ0) is 15.6. The van der Waals surface area contributed by atoms with Crippen LogP contribution in [0.4, 0.5) is 5.69 Å². The van der Waals surface area contributed by atoms with Crippen LogP contribution < -0.4 is 9.46 Å². The summed E-state index contributed by atoms with van der Waals surface area (Å²) in [4.78, 5) is 0.00715. The van der Waals surface area contributed by atoms with Crippen molar-refractivity contribution in [3.05, 3.63) is 50.9 Å². The summed E-state index contributed by atoms with van der Waals surface area (Å²) >= 11 is 14.9. The molecule has 2 aromatic carbocycles. The molecule has 0 aliphatic carbocycles. The van der Waals surface area contributed by atoms with Gasteiger partial charge in [0.25, 0.3) is 10.0 Å². The Bertz CT molecular complexity index is 764. The molecule has 21 heavy (non-hydrogen) atoms. The Morgan fingerprint density at radius 1 is 1.10 bits per heavy atom. The van der Waals surface area contributed by atoms with Crippen molar-refractivity contribution in [1.29, 1.82) is 0 Å². The van der Waals surface area contributed by atoms with E-state index in [0.29, 0.717) is 15.9 Å². The topological polar surface area (TPSA) is 55.4 Å². The van der Waals surface area contributed by atoms with Crippen molar-refractivity contribution in [2.24, 2.45) is 0 Å². The fourth-order valence-corrected chi connectivity index (χ4v) is 4.23. The predicted molar refractivity (Wildman–Crippen MR) is 88.0 cm³/mol. The standard InChI is InChI=1S/C13H10BrCl2NO3S/c1-20-9-4-2-8(3-5-9)17-21(18,19)13-7-12(16)11(15)6-10(13)14/h2-7,17H,1H3. The van der Waals surface area contributed by atoms with Crippen molar-refractivity contribution in [2.75, 3.05) is 11.8 Å². The SMILES string of the molecule is COc1ccc(NS(=O)(=O)c2cc(Cl)c(Cl)cc2Br)cc1. The lowest BCUT2D eigenvalue weighted by molar-refractivity contribution is 0.415. The zero-order valence-corrected chi connectivity index (χ0v) is 14.6. The number of nitrogens with one attached hydrogen (secondary N) is 1. The summed E-state index contributed by atoms with van der Waals surface area (Å²) in [5.41, 5.74) is 0.411. The Labute approximate surface area is 141 Å². The molecule has 0 amide bonds. The molecule has 2 rings (SSSR count). The minimum Gasteiger partial charge on any atom is -0.497 e. The highest BCUT2D eigenvalue weighted by molar-refractivity contribution is 9.10. The largest absolute Gasteiger partial charge is 0.497 e. The molecule has 0 aromatic heterocycles. The van der Waals surface area contributed by atoms with Gasteiger partial charge in [-0.15, -0.1) is 0 Å². The van der Waals surface area contributed by atoms with E-state index >= 15 is 0 Å². The van der Waals surface area contributed by atoms with Gasteiger partial charge in [-0.3, -0.25) is 4.72 Å². The first-order valence-corrected chi connectivity index (χ1v) is 8.68. The van der Waals surface area contributed by atoms with Gasteiger partial charge in [-0.1, -0.05) is 23.2 Å². The lowest BCUT2D eigenvalue weighted by atomic mass is 10.3. The van der Waals surface area contributed by atoms with Gasteiger partial charge in [0, 0.05) is 10.2 Å². The van der Waals surface area contributed by atoms with Crippen molar-refractivity contribution in [2.45, 2.75) is 4.90 Å². The van der Waals surface area contributed by atoms with Gasteiger partial charge in [-0.25, -0.2) is 8.42 Å². The average Bonchev–Trinajstić information content (AvgIpc) is 2.43. The predicted octanol–water partition coefficient (Wildman–Crippen LogP) is 4.57. The van der Waals surface area contributed by atoms with Gasteiger partial charge < -0.3 is 4.74 Å². The maximum absolute atomic E-state index is 12.4. The molecule has 0 heterocycles. The van der Waals surface area contributed by atoms with Gasteiger partial charge in [-0.2, -0.15) is 0 Å². The van der Waals surface area contributed by atoms with Crippen molar-refractivity contribution >= 4 is 54.8 Å². The normalized spacial score (nSPS) is 11.2. The molecular weight excluding hydrogens is 401 g/mol. The molecule has 0 saturated heterocycles. The second kappa shape index (κ2) is 6.44. The molecule has 4 nitrogen and oxygen atoms in total. The quantitative estimate of drug-likeness (QED) is 0.751. The number of hydrogen-bond donors (Lipinski definition) is 1. The Kier molecular flexibility index (Phi) is 5.03. The van der Waals surface area contributed by atoms with Gasteiger partial charge in [-0.05, 0) is 52.3 Å². The molecular formula is C13H10BrCl2NO3S. The summed E-state index contributed by atoms with van der Waals surface area (Å²) < 4.78 is 32.5. The maximum atomic E-state index is 12.4. The van der Waals surface area contributed by atoms with Gasteiger partial charge in [0.05, 0.1) is 17.2 Å². The number of rotatable bonds is 4. The highest BCUT2D eigenvalue weighted by atomic mass is 79.9. The molecule has 112 valence electrons. The molecule has 0 saturated carbocycles. The fourth-order valence-electron chi connectivity index (χ4n) is 1.58. The van der Waals surface area contributed by atoms with E-state index in [4.69, 9.17) is 27.9 Å². The monoisotopic (exact) mass is 409 g/mol. The number of benzene rings is 2. The third kappa shape index (κ3) is 3.83. The highest BCUT2D eigenvalue weighted by Crippen LogP contribution is 2.32. The third-order valence-electron chi connectivity index (χ3n) is 2.61. The van der Waals surface area contributed by atoms with Gasteiger partial charge in [0.2, 0.25) is 0 Å². The molecule has 0 bridgehead atoms. The Morgan fingerprint density at radius 2 is 1.67 bits per heavy atom. The van der Waals surface area contributed by atoms with E-state index in [2.05, 4.69) is 20.7 Å². The van der Waals surface area contributed by atoms with Crippen LogP contribution in [0.15, 0.2) is 45.8 Å². The second-order valence-corrected chi connectivity index (χ2v) is 7.35. The summed E-state index contributed by atoms with van der Waals surface area (Å²) in [6.45, 7) is 0. The van der Waals surface area contributed by atoms with Crippen molar-refractivity contribution < 1.29 is 13.2 Å². The fraction of sp³-hybridized carbons (Fsp3) is 0.0769. The zero-order valence-electron chi connectivity index (χ0n) is 10.7. The number of methoxy groups -OCH3 is 1. The number of halogens is 3. The first-order chi connectivity index (χ1) is 9.83. The van der Waals surface area contributed by atoms with E-state index in [9.17, 15) is 8.42 Å². The number of hydrogen-bond acceptors (Lipinski definition) is 3. The Morgan fingerprint density at radius 3 is 2.24 bits per heavy atom. The molecule has 0 aliphatic rings. The molecule has 1 N–H and O–H groups in total. The van der Waals surface area contributed by atoms with Crippen LogP contribution in [0, 0.1) is 0 Å². The Hall–Kier alpha value is -0.950. The minimum absolute atomic E-state index is 0.00715. The first-order valence-electron chi connectivity index (χ1n) is 5.65. The van der Waals surface area contributed by atoms with Crippen molar-refractivity contribution in [3.8, 4) is 5.75 Å². The summed E-state index contributed by atoms with van der Waals surface area (Å²) in [7, 11) is -2.25. The van der Waals surface area contributed by atoms with Crippen LogP contribution in [-0.2, 0) is 10.0 Å². The molecule has 8 heteroatoms. The van der Waals surface area contributed by atoms with Gasteiger partial charge >= 0.3 is 0 Å². The molecule has 2 aromatic rings. The minimum atomic E-state index is -3.78. The van der Waals surface area contributed by atoms with Crippen LogP contribution in [0.1, 0.15) is 0 Å². The molecule has 0 atom stereocenters. The van der Waals surface area contributed by atoms with E-state index in [-0.39, 0.29) is 14.9 Å². The lowest BCUT2D eigenvalue weighted by Gasteiger charge is -2.11. The smallest absolute Gasteiger partial charge is 0.263 e. The lowest BCUT2D eigenvalue weighted by Crippen LogP contribution is -2.13. The molecule has 0 radical (unpaired) electrons. The highest BCUT2D eigenvalue weighted by Gasteiger charge is 2.19. The molecule has 0 aliphatic heterocycles. The van der Waals surface area contributed by atoms with E-state index in [1.165, 1.54) is 19.2 Å². The van der Waals surface area contributed by atoms with E-state index in [1.54, 1.807) is 24.3 Å². The van der Waals surface area contributed by atoms with Crippen LogP contribution in [0.5, 0.6) is 5.75 Å². The first kappa shape index (κ1) is 16.4. The average molecular weight is 411 g/mol.